The van der Waals surface area contributed by atoms with E-state index in [9.17, 15) is 9.59 Å². The lowest BCUT2D eigenvalue weighted by atomic mass is 10.1. The van der Waals surface area contributed by atoms with Gasteiger partial charge in [-0.3, -0.25) is 9.59 Å². The average molecular weight is 521 g/mol. The molecule has 2 amide bonds. The molecule has 0 saturated carbocycles. The number of hydrogen-bond acceptors (Lipinski definition) is 3. The Hall–Kier alpha value is -3.61. The minimum absolute atomic E-state index is 0.111. The number of hydrogen-bond donors (Lipinski definition) is 1. The summed E-state index contributed by atoms with van der Waals surface area (Å²) < 4.78 is 1.69. The highest BCUT2D eigenvalue weighted by molar-refractivity contribution is 6.42. The number of nitrogens with one attached hydrogen (secondary N) is 1. The van der Waals surface area contributed by atoms with E-state index in [0.717, 1.165) is 29.8 Å². The highest BCUT2D eigenvalue weighted by atomic mass is 35.5. The molecule has 1 heterocycles. The molecular formula is C28H26Cl2N4O2. The number of unbranched alkanes of at least 4 members (excludes halogenated alkanes) is 1. The van der Waals surface area contributed by atoms with E-state index >= 15 is 0 Å². The minimum atomic E-state index is -0.323. The predicted molar refractivity (Wildman–Crippen MR) is 145 cm³/mol. The first-order valence-corrected chi connectivity index (χ1v) is 12.5. The molecular weight excluding hydrogens is 495 g/mol. The summed E-state index contributed by atoms with van der Waals surface area (Å²) in [5.41, 5.74) is 2.85. The molecule has 0 atom stereocenters. The van der Waals surface area contributed by atoms with Crippen LogP contribution in [0.25, 0.3) is 16.9 Å². The molecule has 8 heteroatoms. The van der Waals surface area contributed by atoms with Crippen molar-refractivity contribution in [3.8, 4) is 16.9 Å². The van der Waals surface area contributed by atoms with Crippen molar-refractivity contribution >= 4 is 40.8 Å². The first-order valence-electron chi connectivity index (χ1n) is 11.7. The molecule has 184 valence electrons. The quantitative estimate of drug-likeness (QED) is 0.266. The van der Waals surface area contributed by atoms with E-state index in [0.29, 0.717) is 28.0 Å². The summed E-state index contributed by atoms with van der Waals surface area (Å²) in [6.07, 6.45) is 1.65. The Morgan fingerprint density at radius 1 is 0.917 bits per heavy atom. The van der Waals surface area contributed by atoms with Gasteiger partial charge in [0.2, 0.25) is 5.91 Å². The third-order valence-electron chi connectivity index (χ3n) is 5.62. The van der Waals surface area contributed by atoms with E-state index in [2.05, 4.69) is 5.32 Å². The van der Waals surface area contributed by atoms with Gasteiger partial charge in [-0.25, -0.2) is 4.68 Å². The molecule has 0 aliphatic heterocycles. The Morgan fingerprint density at radius 2 is 1.61 bits per heavy atom. The number of halogens is 2. The lowest BCUT2D eigenvalue weighted by Crippen LogP contribution is -2.39. The van der Waals surface area contributed by atoms with Gasteiger partial charge in [0.05, 0.1) is 21.4 Å². The number of anilines is 1. The molecule has 4 aromatic rings. The fourth-order valence-electron chi connectivity index (χ4n) is 3.75. The highest BCUT2D eigenvalue weighted by Crippen LogP contribution is 2.25. The van der Waals surface area contributed by atoms with Gasteiger partial charge in [-0.15, -0.1) is 0 Å². The highest BCUT2D eigenvalue weighted by Gasteiger charge is 2.21. The van der Waals surface area contributed by atoms with Gasteiger partial charge in [-0.05, 0) is 36.8 Å². The van der Waals surface area contributed by atoms with Crippen LogP contribution < -0.4 is 5.32 Å². The van der Waals surface area contributed by atoms with Crippen molar-refractivity contribution in [1.29, 1.82) is 0 Å². The van der Waals surface area contributed by atoms with Gasteiger partial charge in [0.25, 0.3) is 5.91 Å². The Morgan fingerprint density at radius 3 is 2.28 bits per heavy atom. The molecule has 0 unspecified atom stereocenters. The van der Waals surface area contributed by atoms with E-state index in [4.69, 9.17) is 28.3 Å². The minimum Gasteiger partial charge on any atom is -0.329 e. The number of benzene rings is 3. The molecule has 36 heavy (non-hydrogen) atoms. The summed E-state index contributed by atoms with van der Waals surface area (Å²) >= 11 is 12.1. The zero-order chi connectivity index (χ0) is 25.5. The van der Waals surface area contributed by atoms with Crippen LogP contribution in [0.3, 0.4) is 0 Å². The van der Waals surface area contributed by atoms with Crippen LogP contribution in [-0.4, -0.2) is 39.6 Å². The summed E-state index contributed by atoms with van der Waals surface area (Å²) in [5, 5.41) is 8.34. The van der Waals surface area contributed by atoms with Crippen LogP contribution in [-0.2, 0) is 4.79 Å². The Labute approximate surface area is 220 Å². The number of carbonyl (C=O) groups excluding carboxylic acids is 2. The van der Waals surface area contributed by atoms with Gasteiger partial charge >= 0.3 is 0 Å². The maximum Gasteiger partial charge on any atom is 0.254 e. The molecule has 0 fully saturated rings. The van der Waals surface area contributed by atoms with Crippen molar-refractivity contribution in [3.05, 3.63) is 101 Å². The van der Waals surface area contributed by atoms with Crippen molar-refractivity contribution in [2.45, 2.75) is 19.8 Å². The van der Waals surface area contributed by atoms with Crippen molar-refractivity contribution in [2.24, 2.45) is 0 Å². The fourth-order valence-corrected chi connectivity index (χ4v) is 4.05. The summed E-state index contributed by atoms with van der Waals surface area (Å²) in [5.74, 6) is -0.0857. The second-order valence-electron chi connectivity index (χ2n) is 8.29. The van der Waals surface area contributed by atoms with Gasteiger partial charge < -0.3 is 10.2 Å². The van der Waals surface area contributed by atoms with Crippen LogP contribution in [0.5, 0.6) is 0 Å². The predicted octanol–water partition coefficient (Wildman–Crippen LogP) is 6.73. The normalized spacial score (nSPS) is 10.8. The van der Waals surface area contributed by atoms with Crippen LogP contribution >= 0.6 is 23.2 Å². The summed E-state index contributed by atoms with van der Waals surface area (Å²) in [6, 6.07) is 25.9. The number of carbonyl (C=O) groups is 2. The second-order valence-corrected chi connectivity index (χ2v) is 9.10. The van der Waals surface area contributed by atoms with Gasteiger partial charge in [-0.2, -0.15) is 5.10 Å². The standard InChI is InChI=1S/C28H26Cl2N4O2/c1-2-3-16-33(28(36)21-14-15-23(29)24(30)17-21)19-27(35)31-26-18-25(20-10-6-4-7-11-20)32-34(26)22-12-8-5-9-13-22/h4-15,17-18H,2-3,16,19H2,1H3,(H,31,35). The maximum absolute atomic E-state index is 13.2. The van der Waals surface area contributed by atoms with Crippen LogP contribution in [0.2, 0.25) is 10.0 Å². The molecule has 0 bridgehead atoms. The number of para-hydroxylation sites is 1. The Kier molecular flexibility index (Phi) is 8.41. The van der Waals surface area contributed by atoms with Gasteiger partial charge in [-0.1, -0.05) is 85.1 Å². The number of rotatable bonds is 9. The molecule has 0 radical (unpaired) electrons. The Balaban J connectivity index is 1.58. The van der Waals surface area contributed by atoms with Crippen molar-refractivity contribution in [3.63, 3.8) is 0 Å². The Bertz CT molecular complexity index is 1340. The fraction of sp³-hybridized carbons (Fsp3) is 0.179. The largest absolute Gasteiger partial charge is 0.329 e. The van der Waals surface area contributed by atoms with E-state index in [1.54, 1.807) is 16.8 Å². The topological polar surface area (TPSA) is 67.2 Å². The molecule has 0 spiro atoms. The van der Waals surface area contributed by atoms with E-state index in [1.807, 2.05) is 73.7 Å². The lowest BCUT2D eigenvalue weighted by Gasteiger charge is -2.22. The van der Waals surface area contributed by atoms with Crippen molar-refractivity contribution in [1.82, 2.24) is 14.7 Å². The number of nitrogens with zero attached hydrogens (tertiary/aromatic N) is 3. The monoisotopic (exact) mass is 520 g/mol. The SMILES string of the molecule is CCCCN(CC(=O)Nc1cc(-c2ccccc2)nn1-c1ccccc1)C(=O)c1ccc(Cl)c(Cl)c1. The molecule has 1 aromatic heterocycles. The second kappa shape index (κ2) is 11.9. The van der Waals surface area contributed by atoms with Crippen LogP contribution in [0, 0.1) is 0 Å². The summed E-state index contributed by atoms with van der Waals surface area (Å²) in [7, 11) is 0. The number of aromatic nitrogens is 2. The third kappa shape index (κ3) is 6.14. The van der Waals surface area contributed by atoms with Crippen LogP contribution in [0.4, 0.5) is 5.82 Å². The maximum atomic E-state index is 13.2. The molecule has 0 aliphatic rings. The number of amides is 2. The van der Waals surface area contributed by atoms with Gasteiger partial charge in [0, 0.05) is 23.7 Å². The van der Waals surface area contributed by atoms with Gasteiger partial charge in [0.15, 0.2) is 0 Å². The lowest BCUT2D eigenvalue weighted by molar-refractivity contribution is -0.116. The molecule has 4 rings (SSSR count). The van der Waals surface area contributed by atoms with Crippen molar-refractivity contribution < 1.29 is 9.59 Å². The van der Waals surface area contributed by atoms with Crippen LogP contribution in [0.15, 0.2) is 84.9 Å². The molecule has 3 aromatic carbocycles. The average Bonchev–Trinajstić information content (AvgIpc) is 3.32. The molecule has 0 saturated heterocycles. The third-order valence-corrected chi connectivity index (χ3v) is 6.36. The van der Waals surface area contributed by atoms with Gasteiger partial charge in [0.1, 0.15) is 12.4 Å². The summed E-state index contributed by atoms with van der Waals surface area (Å²) in [4.78, 5) is 27.9. The van der Waals surface area contributed by atoms with E-state index in [-0.39, 0.29) is 18.4 Å². The molecule has 0 aliphatic carbocycles. The van der Waals surface area contributed by atoms with Crippen molar-refractivity contribution in [2.75, 3.05) is 18.4 Å². The molecule has 6 nitrogen and oxygen atoms in total. The first kappa shape index (κ1) is 25.5. The molecule has 1 N–H and O–H groups in total. The zero-order valence-electron chi connectivity index (χ0n) is 19.8. The smallest absolute Gasteiger partial charge is 0.254 e. The van der Waals surface area contributed by atoms with Crippen LogP contribution in [0.1, 0.15) is 30.1 Å². The van der Waals surface area contributed by atoms with E-state index < -0.39 is 0 Å². The summed E-state index contributed by atoms with van der Waals surface area (Å²) in [6.45, 7) is 2.36. The van der Waals surface area contributed by atoms with E-state index in [1.165, 1.54) is 11.0 Å². The zero-order valence-corrected chi connectivity index (χ0v) is 21.3. The first-order chi connectivity index (χ1) is 17.5.